The Morgan fingerprint density at radius 1 is 0.774 bits per heavy atom. The molecule has 4 aromatic rings. The number of amides is 1. The Morgan fingerprint density at radius 3 is 2.23 bits per heavy atom. The molecule has 0 aliphatic rings. The summed E-state index contributed by atoms with van der Waals surface area (Å²) >= 11 is 1.44. The Kier molecular flexibility index (Phi) is 6.25. The fourth-order valence-corrected chi connectivity index (χ4v) is 4.90. The quantitative estimate of drug-likeness (QED) is 0.373. The van der Waals surface area contributed by atoms with E-state index in [1.165, 1.54) is 23.9 Å². The summed E-state index contributed by atoms with van der Waals surface area (Å²) < 4.78 is 28.3. The van der Waals surface area contributed by atoms with Crippen LogP contribution in [0.3, 0.4) is 0 Å². The van der Waals surface area contributed by atoms with E-state index in [1.807, 2.05) is 66.7 Å². The summed E-state index contributed by atoms with van der Waals surface area (Å²) in [4.78, 5) is 13.3. The maximum Gasteiger partial charge on any atom is 0.261 e. The van der Waals surface area contributed by atoms with Gasteiger partial charge in [0, 0.05) is 16.0 Å². The van der Waals surface area contributed by atoms with Crippen molar-refractivity contribution in [2.24, 2.45) is 0 Å². The molecule has 0 saturated heterocycles. The van der Waals surface area contributed by atoms with Gasteiger partial charge in [0.15, 0.2) is 0 Å². The van der Waals surface area contributed by atoms with Crippen molar-refractivity contribution in [2.45, 2.75) is 9.79 Å². The molecule has 0 aliphatic heterocycles. The third-order valence-electron chi connectivity index (χ3n) is 4.60. The predicted octanol–water partition coefficient (Wildman–Crippen LogP) is 5.37. The summed E-state index contributed by atoms with van der Waals surface area (Å²) in [5, 5.41) is 4.57. The van der Waals surface area contributed by atoms with Crippen LogP contribution in [0.15, 0.2) is 107 Å². The van der Waals surface area contributed by atoms with Gasteiger partial charge in [0.1, 0.15) is 0 Å². The molecule has 0 heterocycles. The van der Waals surface area contributed by atoms with Crippen molar-refractivity contribution in [1.82, 2.24) is 0 Å². The van der Waals surface area contributed by atoms with Gasteiger partial charge >= 0.3 is 0 Å². The standard InChI is InChI=1S/C24H20N2O3S2/c27-24(17-30-20-9-2-1-3-10-20)25-19-13-15-21(16-14-19)31(28,29)26-23-12-6-8-18-7-4-5-11-22(18)23/h1-16,26H,17H2,(H,25,27). The van der Waals surface area contributed by atoms with Crippen LogP contribution < -0.4 is 10.0 Å². The van der Waals surface area contributed by atoms with Gasteiger partial charge in [-0.15, -0.1) is 11.8 Å². The summed E-state index contributed by atoms with van der Waals surface area (Å²) in [5.41, 5.74) is 1.07. The zero-order valence-corrected chi connectivity index (χ0v) is 18.1. The average molecular weight is 449 g/mol. The minimum absolute atomic E-state index is 0.122. The molecule has 0 fully saturated rings. The van der Waals surface area contributed by atoms with Crippen LogP contribution >= 0.6 is 11.8 Å². The number of sulfonamides is 1. The van der Waals surface area contributed by atoms with Crippen molar-refractivity contribution in [2.75, 3.05) is 15.8 Å². The normalized spacial score (nSPS) is 11.2. The highest BCUT2D eigenvalue weighted by molar-refractivity contribution is 8.00. The molecule has 1 amide bonds. The van der Waals surface area contributed by atoms with Crippen LogP contribution in [0.25, 0.3) is 10.8 Å². The first kappa shape index (κ1) is 21.0. The van der Waals surface area contributed by atoms with Crippen molar-refractivity contribution in [3.8, 4) is 0 Å². The highest BCUT2D eigenvalue weighted by atomic mass is 32.2. The van der Waals surface area contributed by atoms with Crippen molar-refractivity contribution in [3.05, 3.63) is 97.1 Å². The predicted molar refractivity (Wildman–Crippen MR) is 127 cm³/mol. The number of anilines is 2. The largest absolute Gasteiger partial charge is 0.325 e. The van der Waals surface area contributed by atoms with E-state index in [4.69, 9.17) is 0 Å². The van der Waals surface area contributed by atoms with Crippen molar-refractivity contribution >= 4 is 49.8 Å². The maximum atomic E-state index is 12.8. The Bertz CT molecular complexity index is 1300. The zero-order valence-electron chi connectivity index (χ0n) is 16.5. The minimum atomic E-state index is -3.76. The van der Waals surface area contributed by atoms with Gasteiger partial charge in [0.25, 0.3) is 10.0 Å². The van der Waals surface area contributed by atoms with Gasteiger partial charge in [-0.25, -0.2) is 8.42 Å². The van der Waals surface area contributed by atoms with E-state index in [0.29, 0.717) is 11.4 Å². The summed E-state index contributed by atoms with van der Waals surface area (Å²) in [6, 6.07) is 28.9. The van der Waals surface area contributed by atoms with Gasteiger partial charge in [0.05, 0.1) is 16.3 Å². The lowest BCUT2D eigenvalue weighted by Gasteiger charge is -2.11. The molecule has 7 heteroatoms. The molecule has 0 saturated carbocycles. The van der Waals surface area contributed by atoms with Crippen molar-refractivity contribution in [1.29, 1.82) is 0 Å². The third-order valence-corrected chi connectivity index (χ3v) is 6.99. The first-order chi connectivity index (χ1) is 15.0. The Balaban J connectivity index is 1.42. The Hall–Kier alpha value is -3.29. The van der Waals surface area contributed by atoms with Crippen molar-refractivity contribution < 1.29 is 13.2 Å². The molecule has 4 rings (SSSR count). The molecule has 0 aromatic heterocycles. The van der Waals surface area contributed by atoms with Gasteiger partial charge in [-0.2, -0.15) is 0 Å². The molecule has 0 unspecified atom stereocenters. The number of thioether (sulfide) groups is 1. The Morgan fingerprint density at radius 2 is 1.45 bits per heavy atom. The molecule has 0 aliphatic carbocycles. The van der Waals surface area contributed by atoms with Crippen LogP contribution in [0, 0.1) is 0 Å². The summed E-state index contributed by atoms with van der Waals surface area (Å²) in [6.07, 6.45) is 0. The number of carbonyl (C=O) groups is 1. The topological polar surface area (TPSA) is 75.3 Å². The van der Waals surface area contributed by atoms with Crippen LogP contribution in [0.1, 0.15) is 0 Å². The zero-order chi connectivity index (χ0) is 21.7. The van der Waals surface area contributed by atoms with Crippen LogP contribution in [0.2, 0.25) is 0 Å². The molecule has 0 atom stereocenters. The molecule has 0 radical (unpaired) electrons. The molecule has 5 nitrogen and oxygen atoms in total. The summed E-state index contributed by atoms with van der Waals surface area (Å²) in [5.74, 6) is 0.116. The number of carbonyl (C=O) groups excluding carboxylic acids is 1. The van der Waals surface area contributed by atoms with Crippen LogP contribution in [-0.2, 0) is 14.8 Å². The number of nitrogens with one attached hydrogen (secondary N) is 2. The van der Waals surface area contributed by atoms with Crippen LogP contribution in [0.4, 0.5) is 11.4 Å². The molecular formula is C24H20N2O3S2. The van der Waals surface area contributed by atoms with E-state index in [0.717, 1.165) is 15.7 Å². The molecule has 0 spiro atoms. The molecular weight excluding hydrogens is 428 g/mol. The monoisotopic (exact) mass is 448 g/mol. The van der Waals surface area contributed by atoms with E-state index in [-0.39, 0.29) is 16.6 Å². The molecule has 156 valence electrons. The van der Waals surface area contributed by atoms with Gasteiger partial charge in [-0.3, -0.25) is 9.52 Å². The molecule has 2 N–H and O–H groups in total. The fraction of sp³-hybridized carbons (Fsp3) is 0.0417. The van der Waals surface area contributed by atoms with Crippen molar-refractivity contribution in [3.63, 3.8) is 0 Å². The summed E-state index contributed by atoms with van der Waals surface area (Å²) in [7, 11) is -3.76. The fourth-order valence-electron chi connectivity index (χ4n) is 3.10. The number of benzene rings is 4. The second-order valence-electron chi connectivity index (χ2n) is 6.81. The second-order valence-corrected chi connectivity index (χ2v) is 9.54. The van der Waals surface area contributed by atoms with E-state index < -0.39 is 10.0 Å². The molecule has 4 aromatic carbocycles. The first-order valence-corrected chi connectivity index (χ1v) is 12.1. The second kappa shape index (κ2) is 9.24. The molecule has 0 bridgehead atoms. The van der Waals surface area contributed by atoms with Crippen LogP contribution in [-0.4, -0.2) is 20.1 Å². The number of hydrogen-bond acceptors (Lipinski definition) is 4. The third kappa shape index (κ3) is 5.25. The van der Waals surface area contributed by atoms with E-state index in [1.54, 1.807) is 18.2 Å². The van der Waals surface area contributed by atoms with Gasteiger partial charge < -0.3 is 5.32 Å². The number of rotatable bonds is 7. The maximum absolute atomic E-state index is 12.8. The van der Waals surface area contributed by atoms with Gasteiger partial charge in [-0.05, 0) is 47.9 Å². The number of fused-ring (bicyclic) bond motifs is 1. The highest BCUT2D eigenvalue weighted by Crippen LogP contribution is 2.26. The summed E-state index contributed by atoms with van der Waals surface area (Å²) in [6.45, 7) is 0. The lowest BCUT2D eigenvalue weighted by molar-refractivity contribution is -0.113. The smallest absolute Gasteiger partial charge is 0.261 e. The van der Waals surface area contributed by atoms with Gasteiger partial charge in [0.2, 0.25) is 5.91 Å². The van der Waals surface area contributed by atoms with E-state index in [2.05, 4.69) is 10.0 Å². The first-order valence-electron chi connectivity index (χ1n) is 9.60. The van der Waals surface area contributed by atoms with Gasteiger partial charge in [-0.1, -0.05) is 54.6 Å². The van der Waals surface area contributed by atoms with E-state index >= 15 is 0 Å². The molecule has 31 heavy (non-hydrogen) atoms. The van der Waals surface area contributed by atoms with E-state index in [9.17, 15) is 13.2 Å². The highest BCUT2D eigenvalue weighted by Gasteiger charge is 2.15. The lowest BCUT2D eigenvalue weighted by Crippen LogP contribution is -2.15. The lowest BCUT2D eigenvalue weighted by atomic mass is 10.1. The van der Waals surface area contributed by atoms with Crippen LogP contribution in [0.5, 0.6) is 0 Å². The minimum Gasteiger partial charge on any atom is -0.325 e. The SMILES string of the molecule is O=C(CSc1ccccc1)Nc1ccc(S(=O)(=O)Nc2cccc3ccccc23)cc1. The average Bonchev–Trinajstić information content (AvgIpc) is 2.79. The Labute approximate surface area is 185 Å². The number of hydrogen-bond donors (Lipinski definition) is 2.